The first-order valence-electron chi connectivity index (χ1n) is 10.3. The predicted octanol–water partition coefficient (Wildman–Crippen LogP) is 3.18. The van der Waals surface area contributed by atoms with E-state index in [2.05, 4.69) is 21.9 Å². The van der Waals surface area contributed by atoms with Crippen LogP contribution in [0.5, 0.6) is 17.2 Å². The van der Waals surface area contributed by atoms with E-state index in [-0.39, 0.29) is 6.61 Å². The third-order valence-corrected chi connectivity index (χ3v) is 5.37. The van der Waals surface area contributed by atoms with Gasteiger partial charge in [-0.15, -0.1) is 0 Å². The second kappa shape index (κ2) is 10.9. The summed E-state index contributed by atoms with van der Waals surface area (Å²) >= 11 is 0. The zero-order valence-corrected chi connectivity index (χ0v) is 17.5. The number of aliphatic hydroxyl groups is 1. The summed E-state index contributed by atoms with van der Waals surface area (Å²) in [6.07, 6.45) is 2.07. The molecule has 1 heterocycles. The number of ether oxygens (including phenoxy) is 3. The third kappa shape index (κ3) is 5.78. The van der Waals surface area contributed by atoms with Gasteiger partial charge < -0.3 is 24.2 Å². The van der Waals surface area contributed by atoms with Gasteiger partial charge in [-0.1, -0.05) is 12.1 Å². The van der Waals surface area contributed by atoms with Gasteiger partial charge in [0.05, 0.1) is 33.1 Å². The topological polar surface area (TPSA) is 54.4 Å². The molecule has 6 heteroatoms. The van der Waals surface area contributed by atoms with E-state index >= 15 is 0 Å². The Hall–Kier alpha value is -2.44. The lowest BCUT2D eigenvalue weighted by molar-refractivity contribution is 0.233. The Morgan fingerprint density at radius 1 is 0.897 bits per heavy atom. The fraction of sp³-hybridized carbons (Fsp3) is 0.478. The monoisotopic (exact) mass is 400 g/mol. The summed E-state index contributed by atoms with van der Waals surface area (Å²) < 4.78 is 16.6. The minimum Gasteiger partial charge on any atom is -0.497 e. The van der Waals surface area contributed by atoms with Gasteiger partial charge in [0.15, 0.2) is 0 Å². The molecule has 0 unspecified atom stereocenters. The van der Waals surface area contributed by atoms with Crippen LogP contribution in [-0.4, -0.2) is 63.6 Å². The van der Waals surface area contributed by atoms with E-state index in [9.17, 15) is 5.11 Å². The lowest BCUT2D eigenvalue weighted by atomic mass is 10.2. The SMILES string of the molecule is COc1ccc(CO)c(OCCCCN2CCN(c3ccccc3OC)CC2)c1. The normalized spacial score (nSPS) is 14.7. The Labute approximate surface area is 173 Å². The summed E-state index contributed by atoms with van der Waals surface area (Å²) in [4.78, 5) is 4.91. The molecule has 1 fully saturated rings. The molecule has 0 aliphatic carbocycles. The number of para-hydroxylation sites is 2. The van der Waals surface area contributed by atoms with Crippen molar-refractivity contribution in [1.82, 2.24) is 4.90 Å². The average molecular weight is 401 g/mol. The molecular formula is C23H32N2O4. The number of aliphatic hydroxyl groups excluding tert-OH is 1. The lowest BCUT2D eigenvalue weighted by Crippen LogP contribution is -2.46. The maximum Gasteiger partial charge on any atom is 0.142 e. The smallest absolute Gasteiger partial charge is 0.142 e. The van der Waals surface area contributed by atoms with E-state index in [4.69, 9.17) is 14.2 Å². The first-order chi connectivity index (χ1) is 14.2. The largest absolute Gasteiger partial charge is 0.497 e. The third-order valence-electron chi connectivity index (χ3n) is 5.37. The Balaban J connectivity index is 1.37. The van der Waals surface area contributed by atoms with Crippen LogP contribution in [0.15, 0.2) is 42.5 Å². The van der Waals surface area contributed by atoms with Crippen molar-refractivity contribution in [2.24, 2.45) is 0 Å². The van der Waals surface area contributed by atoms with E-state index in [0.29, 0.717) is 12.4 Å². The maximum atomic E-state index is 9.45. The Kier molecular flexibility index (Phi) is 8.02. The number of hydrogen-bond donors (Lipinski definition) is 1. The average Bonchev–Trinajstić information content (AvgIpc) is 2.79. The molecule has 1 N–H and O–H groups in total. The molecule has 0 atom stereocenters. The molecule has 3 rings (SSSR count). The van der Waals surface area contributed by atoms with Crippen molar-refractivity contribution in [1.29, 1.82) is 0 Å². The molecule has 0 amide bonds. The molecule has 1 aliphatic rings. The predicted molar refractivity (Wildman–Crippen MR) is 115 cm³/mol. The van der Waals surface area contributed by atoms with E-state index in [0.717, 1.165) is 62.6 Å². The van der Waals surface area contributed by atoms with Crippen LogP contribution < -0.4 is 19.1 Å². The highest BCUT2D eigenvalue weighted by atomic mass is 16.5. The highest BCUT2D eigenvalue weighted by Gasteiger charge is 2.19. The molecule has 1 saturated heterocycles. The Bertz CT molecular complexity index is 760. The number of anilines is 1. The summed E-state index contributed by atoms with van der Waals surface area (Å²) in [6.45, 7) is 5.83. The summed E-state index contributed by atoms with van der Waals surface area (Å²) in [6, 6.07) is 13.7. The summed E-state index contributed by atoms with van der Waals surface area (Å²) in [5, 5.41) is 9.45. The standard InChI is InChI=1S/C23H32N2O4/c1-27-20-10-9-19(18-26)23(17-20)29-16-6-5-11-24-12-14-25(15-13-24)21-7-3-4-8-22(21)28-2/h3-4,7-10,17,26H,5-6,11-16,18H2,1-2H3. The van der Waals surface area contributed by atoms with Gasteiger partial charge in [-0.2, -0.15) is 0 Å². The maximum absolute atomic E-state index is 9.45. The van der Waals surface area contributed by atoms with Gasteiger partial charge in [0.2, 0.25) is 0 Å². The molecule has 29 heavy (non-hydrogen) atoms. The van der Waals surface area contributed by atoms with Gasteiger partial charge in [0.25, 0.3) is 0 Å². The van der Waals surface area contributed by atoms with Crippen LogP contribution >= 0.6 is 0 Å². The summed E-state index contributed by atoms with van der Waals surface area (Å²) in [7, 11) is 3.36. The zero-order chi connectivity index (χ0) is 20.5. The summed E-state index contributed by atoms with van der Waals surface area (Å²) in [5.74, 6) is 2.39. The van der Waals surface area contributed by atoms with Crippen LogP contribution in [0.2, 0.25) is 0 Å². The second-order valence-electron chi connectivity index (χ2n) is 7.19. The van der Waals surface area contributed by atoms with Crippen LogP contribution in [0.1, 0.15) is 18.4 Å². The molecule has 0 bridgehead atoms. The van der Waals surface area contributed by atoms with Crippen LogP contribution in [0.3, 0.4) is 0 Å². The van der Waals surface area contributed by atoms with Crippen molar-refractivity contribution in [2.75, 3.05) is 58.5 Å². The number of hydrogen-bond acceptors (Lipinski definition) is 6. The highest BCUT2D eigenvalue weighted by molar-refractivity contribution is 5.58. The van der Waals surface area contributed by atoms with Gasteiger partial charge >= 0.3 is 0 Å². The van der Waals surface area contributed by atoms with Crippen molar-refractivity contribution in [3.63, 3.8) is 0 Å². The quantitative estimate of drug-likeness (QED) is 0.618. The van der Waals surface area contributed by atoms with Crippen molar-refractivity contribution < 1.29 is 19.3 Å². The van der Waals surface area contributed by atoms with Crippen molar-refractivity contribution in [3.05, 3.63) is 48.0 Å². The Morgan fingerprint density at radius 3 is 2.41 bits per heavy atom. The molecule has 158 valence electrons. The summed E-state index contributed by atoms with van der Waals surface area (Å²) in [5.41, 5.74) is 1.97. The van der Waals surface area contributed by atoms with E-state index in [1.165, 1.54) is 5.69 Å². The number of unbranched alkanes of at least 4 members (excludes halogenated alkanes) is 1. The molecule has 0 saturated carbocycles. The van der Waals surface area contributed by atoms with Crippen LogP contribution in [0.25, 0.3) is 0 Å². The van der Waals surface area contributed by atoms with E-state index in [1.807, 2.05) is 30.3 Å². The highest BCUT2D eigenvalue weighted by Crippen LogP contribution is 2.28. The number of rotatable bonds is 10. The van der Waals surface area contributed by atoms with Gasteiger partial charge in [-0.3, -0.25) is 4.90 Å². The molecule has 2 aromatic carbocycles. The minimum absolute atomic E-state index is 0.0319. The number of nitrogens with zero attached hydrogens (tertiary/aromatic N) is 2. The van der Waals surface area contributed by atoms with Gasteiger partial charge in [-0.05, 0) is 43.7 Å². The second-order valence-corrected chi connectivity index (χ2v) is 7.19. The number of piperazine rings is 1. The van der Waals surface area contributed by atoms with E-state index in [1.54, 1.807) is 14.2 Å². The van der Waals surface area contributed by atoms with Crippen LogP contribution in [0.4, 0.5) is 5.69 Å². The number of benzene rings is 2. The Morgan fingerprint density at radius 2 is 1.69 bits per heavy atom. The van der Waals surface area contributed by atoms with E-state index < -0.39 is 0 Å². The molecule has 0 spiro atoms. The first-order valence-corrected chi connectivity index (χ1v) is 10.3. The van der Waals surface area contributed by atoms with Crippen molar-refractivity contribution in [3.8, 4) is 17.2 Å². The van der Waals surface area contributed by atoms with Crippen LogP contribution in [0, 0.1) is 0 Å². The molecule has 0 radical (unpaired) electrons. The first kappa shape index (κ1) is 21.3. The molecule has 2 aromatic rings. The van der Waals surface area contributed by atoms with Crippen LogP contribution in [-0.2, 0) is 6.61 Å². The van der Waals surface area contributed by atoms with Gasteiger partial charge in [0, 0.05) is 37.8 Å². The van der Waals surface area contributed by atoms with Gasteiger partial charge in [0.1, 0.15) is 17.2 Å². The minimum atomic E-state index is -0.0319. The molecule has 6 nitrogen and oxygen atoms in total. The fourth-order valence-electron chi connectivity index (χ4n) is 3.65. The van der Waals surface area contributed by atoms with Crippen molar-refractivity contribution >= 4 is 5.69 Å². The lowest BCUT2D eigenvalue weighted by Gasteiger charge is -2.36. The fourth-order valence-corrected chi connectivity index (χ4v) is 3.65. The molecular weight excluding hydrogens is 368 g/mol. The molecule has 0 aromatic heterocycles. The molecule has 1 aliphatic heterocycles. The number of methoxy groups -OCH3 is 2. The van der Waals surface area contributed by atoms with Gasteiger partial charge in [-0.25, -0.2) is 0 Å². The zero-order valence-electron chi connectivity index (χ0n) is 17.5. The van der Waals surface area contributed by atoms with Crippen molar-refractivity contribution in [2.45, 2.75) is 19.4 Å².